The Bertz CT molecular complexity index is 2830. The Labute approximate surface area is 275 Å². The van der Waals surface area contributed by atoms with Crippen molar-refractivity contribution in [1.82, 2.24) is 9.97 Å². The van der Waals surface area contributed by atoms with Crippen molar-refractivity contribution < 1.29 is 8.83 Å². The summed E-state index contributed by atoms with van der Waals surface area (Å²) >= 11 is 0. The van der Waals surface area contributed by atoms with Crippen molar-refractivity contribution in [2.75, 3.05) is 0 Å². The molecule has 0 bridgehead atoms. The second-order valence-corrected chi connectivity index (χ2v) is 12.1. The topological polar surface area (TPSA) is 52.1 Å². The van der Waals surface area contributed by atoms with Crippen LogP contribution >= 0.6 is 0 Å². The molecule has 3 aromatic heterocycles. The van der Waals surface area contributed by atoms with Crippen LogP contribution < -0.4 is 0 Å². The van der Waals surface area contributed by atoms with Crippen LogP contribution in [0.15, 0.2) is 167 Å². The third kappa shape index (κ3) is 4.10. The van der Waals surface area contributed by atoms with Crippen LogP contribution in [0, 0.1) is 0 Å². The third-order valence-electron chi connectivity index (χ3n) is 9.29. The average molecular weight is 615 g/mol. The van der Waals surface area contributed by atoms with Crippen LogP contribution in [0.1, 0.15) is 0 Å². The number of nitrogens with zero attached hydrogens (tertiary/aromatic N) is 2. The molecule has 0 radical (unpaired) electrons. The van der Waals surface area contributed by atoms with E-state index in [9.17, 15) is 0 Å². The number of rotatable bonds is 4. The Hall–Kier alpha value is -6.52. The molecule has 0 aliphatic heterocycles. The summed E-state index contributed by atoms with van der Waals surface area (Å²) in [6, 6.07) is 54.3. The minimum atomic E-state index is 0.638. The minimum absolute atomic E-state index is 0.638. The first-order valence-electron chi connectivity index (χ1n) is 16.1. The first-order chi connectivity index (χ1) is 23.8. The van der Waals surface area contributed by atoms with E-state index >= 15 is 0 Å². The molecule has 0 unspecified atom stereocenters. The van der Waals surface area contributed by atoms with Crippen LogP contribution in [0.25, 0.3) is 99.7 Å². The number of hydrogen-bond donors (Lipinski definition) is 0. The molecule has 0 amide bonds. The summed E-state index contributed by atoms with van der Waals surface area (Å²) in [4.78, 5) is 10.6. The van der Waals surface area contributed by atoms with Crippen molar-refractivity contribution in [1.29, 1.82) is 0 Å². The summed E-state index contributed by atoms with van der Waals surface area (Å²) in [6.45, 7) is 0. The summed E-state index contributed by atoms with van der Waals surface area (Å²) in [5.74, 6) is 0.638. The first kappa shape index (κ1) is 26.7. The van der Waals surface area contributed by atoms with Crippen LogP contribution in [0.3, 0.4) is 0 Å². The lowest BCUT2D eigenvalue weighted by Crippen LogP contribution is -1.95. The molecule has 48 heavy (non-hydrogen) atoms. The molecule has 10 rings (SSSR count). The standard InChI is InChI=1S/C44H26N2O2/c1-3-13-27(14-4-1)29-17-11-18-30(25-29)40-43-41(34-21-9-10-23-37(34)47-43)46-44(45-40)35-26-36-39-31(28-15-5-2-6-16-28)22-12-24-38(39)48-42(36)33-20-8-7-19-32(33)35/h1-26H. The first-order valence-corrected chi connectivity index (χ1v) is 16.1. The van der Waals surface area contributed by atoms with Crippen LogP contribution in [-0.2, 0) is 0 Å². The molecule has 0 aliphatic rings. The van der Waals surface area contributed by atoms with Gasteiger partial charge in [0.25, 0.3) is 0 Å². The average Bonchev–Trinajstić information content (AvgIpc) is 3.74. The number of furan rings is 2. The maximum absolute atomic E-state index is 6.63. The van der Waals surface area contributed by atoms with E-state index in [0.717, 1.165) is 88.3 Å². The molecule has 0 fully saturated rings. The fourth-order valence-corrected chi connectivity index (χ4v) is 7.08. The van der Waals surface area contributed by atoms with Gasteiger partial charge >= 0.3 is 0 Å². The molecular formula is C44H26N2O2. The van der Waals surface area contributed by atoms with Gasteiger partial charge in [0, 0.05) is 32.7 Å². The molecule has 0 saturated carbocycles. The van der Waals surface area contributed by atoms with Gasteiger partial charge in [-0.25, -0.2) is 9.97 Å². The van der Waals surface area contributed by atoms with Gasteiger partial charge in [0.2, 0.25) is 0 Å². The molecule has 0 spiro atoms. The van der Waals surface area contributed by atoms with E-state index < -0.39 is 0 Å². The zero-order valence-corrected chi connectivity index (χ0v) is 25.7. The fourth-order valence-electron chi connectivity index (χ4n) is 7.08. The molecule has 3 heterocycles. The lowest BCUT2D eigenvalue weighted by atomic mass is 9.95. The zero-order valence-electron chi connectivity index (χ0n) is 25.7. The van der Waals surface area contributed by atoms with Crippen molar-refractivity contribution in [2.45, 2.75) is 0 Å². The van der Waals surface area contributed by atoms with E-state index in [1.54, 1.807) is 0 Å². The van der Waals surface area contributed by atoms with Crippen LogP contribution in [-0.4, -0.2) is 9.97 Å². The molecule has 7 aromatic carbocycles. The number of fused-ring (bicyclic) bond motifs is 8. The van der Waals surface area contributed by atoms with Gasteiger partial charge in [-0.15, -0.1) is 0 Å². The zero-order chi connectivity index (χ0) is 31.6. The monoisotopic (exact) mass is 614 g/mol. The summed E-state index contributed by atoms with van der Waals surface area (Å²) in [5, 5.41) is 5.13. The van der Waals surface area contributed by atoms with Crippen LogP contribution in [0.2, 0.25) is 0 Å². The van der Waals surface area contributed by atoms with Gasteiger partial charge in [-0.05, 0) is 58.0 Å². The van der Waals surface area contributed by atoms with E-state index in [1.165, 1.54) is 0 Å². The highest BCUT2D eigenvalue weighted by atomic mass is 16.3. The Morgan fingerprint density at radius 3 is 1.83 bits per heavy atom. The molecule has 224 valence electrons. The second-order valence-electron chi connectivity index (χ2n) is 12.1. The highest BCUT2D eigenvalue weighted by Gasteiger charge is 2.22. The van der Waals surface area contributed by atoms with Gasteiger partial charge in [0.05, 0.1) is 0 Å². The third-order valence-corrected chi connectivity index (χ3v) is 9.29. The molecule has 0 N–H and O–H groups in total. The van der Waals surface area contributed by atoms with E-state index in [1.807, 2.05) is 36.4 Å². The Morgan fingerprint density at radius 2 is 1.00 bits per heavy atom. The number of benzene rings is 7. The van der Waals surface area contributed by atoms with Gasteiger partial charge in [0.1, 0.15) is 28.0 Å². The highest BCUT2D eigenvalue weighted by molar-refractivity contribution is 6.22. The largest absolute Gasteiger partial charge is 0.455 e. The Kier molecular flexibility index (Phi) is 5.84. The molecule has 4 heteroatoms. The number of hydrogen-bond acceptors (Lipinski definition) is 4. The van der Waals surface area contributed by atoms with Crippen molar-refractivity contribution in [3.05, 3.63) is 158 Å². The van der Waals surface area contributed by atoms with Gasteiger partial charge in [-0.3, -0.25) is 0 Å². The Morgan fingerprint density at radius 1 is 0.375 bits per heavy atom. The second kappa shape index (κ2) is 10.5. The maximum Gasteiger partial charge on any atom is 0.180 e. The number of para-hydroxylation sites is 1. The molecule has 0 atom stereocenters. The normalized spacial score (nSPS) is 11.8. The Balaban J connectivity index is 1.30. The quantitative estimate of drug-likeness (QED) is 0.198. The minimum Gasteiger partial charge on any atom is -0.455 e. The molecule has 0 aliphatic carbocycles. The predicted octanol–water partition coefficient (Wildman–Crippen LogP) is 12.1. The lowest BCUT2D eigenvalue weighted by molar-refractivity contribution is 0.667. The van der Waals surface area contributed by atoms with Gasteiger partial charge in [-0.2, -0.15) is 0 Å². The molecule has 10 aromatic rings. The number of aromatic nitrogens is 2. The van der Waals surface area contributed by atoms with Crippen molar-refractivity contribution in [3.63, 3.8) is 0 Å². The van der Waals surface area contributed by atoms with Crippen molar-refractivity contribution >= 4 is 54.8 Å². The summed E-state index contributed by atoms with van der Waals surface area (Å²) in [5.41, 5.74) is 11.2. The molecule has 0 saturated heterocycles. The molecular weight excluding hydrogens is 588 g/mol. The van der Waals surface area contributed by atoms with E-state index in [-0.39, 0.29) is 0 Å². The maximum atomic E-state index is 6.63. The highest BCUT2D eigenvalue weighted by Crippen LogP contribution is 2.44. The summed E-state index contributed by atoms with van der Waals surface area (Å²) in [7, 11) is 0. The predicted molar refractivity (Wildman–Crippen MR) is 196 cm³/mol. The van der Waals surface area contributed by atoms with E-state index in [2.05, 4.69) is 121 Å². The van der Waals surface area contributed by atoms with E-state index in [0.29, 0.717) is 11.4 Å². The van der Waals surface area contributed by atoms with Gasteiger partial charge in [-0.1, -0.05) is 127 Å². The van der Waals surface area contributed by atoms with Crippen LogP contribution in [0.4, 0.5) is 0 Å². The van der Waals surface area contributed by atoms with Crippen LogP contribution in [0.5, 0.6) is 0 Å². The summed E-state index contributed by atoms with van der Waals surface area (Å²) in [6.07, 6.45) is 0. The SMILES string of the molecule is c1ccc(-c2cccc(-c3nc(-c4cc5c(oc6cccc(-c7ccccc7)c65)c5ccccc45)nc4c3oc3ccccc34)c2)cc1. The summed E-state index contributed by atoms with van der Waals surface area (Å²) < 4.78 is 13.1. The van der Waals surface area contributed by atoms with Gasteiger partial charge in [0.15, 0.2) is 11.4 Å². The smallest absolute Gasteiger partial charge is 0.180 e. The fraction of sp³-hybridized carbons (Fsp3) is 0. The molecule has 4 nitrogen and oxygen atoms in total. The van der Waals surface area contributed by atoms with E-state index in [4.69, 9.17) is 18.8 Å². The van der Waals surface area contributed by atoms with Gasteiger partial charge < -0.3 is 8.83 Å². The van der Waals surface area contributed by atoms with Crippen molar-refractivity contribution in [3.8, 4) is 44.9 Å². The van der Waals surface area contributed by atoms with Crippen molar-refractivity contribution in [2.24, 2.45) is 0 Å². The lowest BCUT2D eigenvalue weighted by Gasteiger charge is -2.11.